The zero-order chi connectivity index (χ0) is 13.3. The number of nitrogens with zero attached hydrogens (tertiary/aromatic N) is 2. The van der Waals surface area contributed by atoms with Crippen molar-refractivity contribution in [2.45, 2.75) is 20.4 Å². The lowest BCUT2D eigenvalue weighted by molar-refractivity contribution is 0.101. The first-order valence-corrected chi connectivity index (χ1v) is 6.44. The third kappa shape index (κ3) is 1.95. The van der Waals surface area contributed by atoms with Crippen LogP contribution in [-0.4, -0.2) is 15.6 Å². The molecule has 0 fully saturated rings. The number of anilines is 1. The molecular weight excluding hydrogens is 250 g/mol. The Hall–Kier alpha value is -1.95. The average Bonchev–Trinajstić information content (AvgIpc) is 2.85. The molecule has 5 nitrogen and oxygen atoms in total. The Labute approximate surface area is 108 Å². The van der Waals surface area contributed by atoms with Crippen LogP contribution < -0.4 is 11.3 Å². The van der Waals surface area contributed by atoms with Gasteiger partial charge in [-0.25, -0.2) is 4.68 Å². The number of rotatable bonds is 3. The van der Waals surface area contributed by atoms with Gasteiger partial charge in [-0.15, -0.1) is 0 Å². The second-order valence-electron chi connectivity index (χ2n) is 3.83. The number of thiophene rings is 1. The molecule has 0 saturated heterocycles. The van der Waals surface area contributed by atoms with Gasteiger partial charge in [-0.05, 0) is 25.3 Å². The Morgan fingerprint density at radius 2 is 2.28 bits per heavy atom. The van der Waals surface area contributed by atoms with Crippen LogP contribution in [0.1, 0.15) is 24.2 Å². The van der Waals surface area contributed by atoms with Crippen LogP contribution >= 0.6 is 11.3 Å². The maximum absolute atomic E-state index is 11.9. The van der Waals surface area contributed by atoms with Gasteiger partial charge in [-0.2, -0.15) is 16.4 Å². The molecule has 0 unspecified atom stereocenters. The predicted molar refractivity (Wildman–Crippen MR) is 71.9 cm³/mol. The fourth-order valence-electron chi connectivity index (χ4n) is 1.76. The topological polar surface area (TPSA) is 78.0 Å². The fourth-order valence-corrected chi connectivity index (χ4v) is 2.40. The van der Waals surface area contributed by atoms with Crippen molar-refractivity contribution in [1.29, 1.82) is 0 Å². The van der Waals surface area contributed by atoms with Crippen LogP contribution in [0, 0.1) is 0 Å². The van der Waals surface area contributed by atoms with Crippen LogP contribution in [0.2, 0.25) is 0 Å². The van der Waals surface area contributed by atoms with E-state index in [1.54, 1.807) is 6.92 Å². The summed E-state index contributed by atoms with van der Waals surface area (Å²) in [5.41, 5.74) is 6.82. The van der Waals surface area contributed by atoms with Crippen molar-refractivity contribution in [3.05, 3.63) is 32.7 Å². The van der Waals surface area contributed by atoms with Gasteiger partial charge in [-0.3, -0.25) is 9.59 Å². The first kappa shape index (κ1) is 12.5. The number of hydrogen-bond acceptors (Lipinski definition) is 5. The number of carbonyl (C=O) groups is 1. The number of nitrogens with two attached hydrogens (primary N) is 1. The van der Waals surface area contributed by atoms with Crippen LogP contribution in [0.15, 0.2) is 21.6 Å². The standard InChI is InChI=1S/C12H13N3O2S/c1-3-15-12(17)10(13)9(7(2)16)11(14-15)8-4-5-18-6-8/h4-6H,3,13H2,1-2H3. The molecule has 94 valence electrons. The van der Waals surface area contributed by atoms with Crippen LogP contribution in [-0.2, 0) is 6.54 Å². The number of nitrogen functional groups attached to an aromatic ring is 1. The van der Waals surface area contributed by atoms with Crippen LogP contribution in [0.4, 0.5) is 5.69 Å². The maximum Gasteiger partial charge on any atom is 0.290 e. The van der Waals surface area contributed by atoms with Crippen molar-refractivity contribution in [3.63, 3.8) is 0 Å². The summed E-state index contributed by atoms with van der Waals surface area (Å²) >= 11 is 1.50. The summed E-state index contributed by atoms with van der Waals surface area (Å²) in [6.45, 7) is 3.61. The summed E-state index contributed by atoms with van der Waals surface area (Å²) in [4.78, 5) is 23.5. The molecule has 0 aromatic carbocycles. The lowest BCUT2D eigenvalue weighted by atomic mass is 10.1. The van der Waals surface area contributed by atoms with Crippen molar-refractivity contribution in [3.8, 4) is 11.3 Å². The molecule has 0 atom stereocenters. The van der Waals surface area contributed by atoms with Crippen molar-refractivity contribution >= 4 is 22.8 Å². The SMILES string of the molecule is CCn1nc(-c2ccsc2)c(C(C)=O)c(N)c1=O. The number of aromatic nitrogens is 2. The molecule has 0 aliphatic heterocycles. The highest BCUT2D eigenvalue weighted by Gasteiger charge is 2.19. The van der Waals surface area contributed by atoms with Gasteiger partial charge in [0.05, 0.1) is 5.56 Å². The summed E-state index contributed by atoms with van der Waals surface area (Å²) in [5, 5.41) is 7.99. The highest BCUT2D eigenvalue weighted by molar-refractivity contribution is 7.08. The minimum atomic E-state index is -0.415. The van der Waals surface area contributed by atoms with E-state index < -0.39 is 5.56 Å². The van der Waals surface area contributed by atoms with E-state index >= 15 is 0 Å². The van der Waals surface area contributed by atoms with Gasteiger partial charge >= 0.3 is 0 Å². The van der Waals surface area contributed by atoms with Gasteiger partial charge in [0.2, 0.25) is 0 Å². The summed E-state index contributed by atoms with van der Waals surface area (Å²) in [7, 11) is 0. The molecule has 2 aromatic rings. The third-order valence-electron chi connectivity index (χ3n) is 2.64. The van der Waals surface area contributed by atoms with E-state index in [0.29, 0.717) is 12.2 Å². The quantitative estimate of drug-likeness (QED) is 0.856. The van der Waals surface area contributed by atoms with Crippen LogP contribution in [0.5, 0.6) is 0 Å². The van der Waals surface area contributed by atoms with E-state index in [-0.39, 0.29) is 17.0 Å². The molecule has 0 aliphatic carbocycles. The van der Waals surface area contributed by atoms with Gasteiger partial charge in [-0.1, -0.05) is 0 Å². The average molecular weight is 263 g/mol. The fraction of sp³-hybridized carbons (Fsp3) is 0.250. The second kappa shape index (κ2) is 4.73. The number of hydrogen-bond donors (Lipinski definition) is 1. The normalized spacial score (nSPS) is 10.6. The number of Topliss-reactive ketones (excluding diaryl/α,β-unsaturated/α-hetero) is 1. The van der Waals surface area contributed by atoms with Gasteiger partial charge < -0.3 is 5.73 Å². The molecule has 0 amide bonds. The number of aryl methyl sites for hydroxylation is 1. The first-order chi connectivity index (χ1) is 8.56. The molecule has 2 heterocycles. The minimum absolute atomic E-state index is 0.0273. The van der Waals surface area contributed by atoms with Gasteiger partial charge in [0.15, 0.2) is 5.78 Å². The summed E-state index contributed by atoms with van der Waals surface area (Å²) in [6, 6.07) is 1.85. The van der Waals surface area contributed by atoms with Crippen molar-refractivity contribution in [2.24, 2.45) is 0 Å². The highest BCUT2D eigenvalue weighted by atomic mass is 32.1. The third-order valence-corrected chi connectivity index (χ3v) is 3.32. The van der Waals surface area contributed by atoms with Crippen molar-refractivity contribution < 1.29 is 4.79 Å². The Morgan fingerprint density at radius 1 is 1.56 bits per heavy atom. The monoisotopic (exact) mass is 263 g/mol. The molecule has 0 radical (unpaired) electrons. The number of carbonyl (C=O) groups excluding carboxylic acids is 1. The van der Waals surface area contributed by atoms with Crippen molar-refractivity contribution in [1.82, 2.24) is 9.78 Å². The first-order valence-electron chi connectivity index (χ1n) is 5.50. The van der Waals surface area contributed by atoms with E-state index in [1.165, 1.54) is 22.9 Å². The van der Waals surface area contributed by atoms with Gasteiger partial charge in [0.1, 0.15) is 11.4 Å². The molecule has 2 N–H and O–H groups in total. The van der Waals surface area contributed by atoms with E-state index in [9.17, 15) is 9.59 Å². The Kier molecular flexibility index (Phi) is 3.29. The van der Waals surface area contributed by atoms with E-state index in [4.69, 9.17) is 5.73 Å². The minimum Gasteiger partial charge on any atom is -0.394 e. The lowest BCUT2D eigenvalue weighted by Crippen LogP contribution is -2.28. The van der Waals surface area contributed by atoms with Crippen molar-refractivity contribution in [2.75, 3.05) is 5.73 Å². The molecule has 0 bridgehead atoms. The molecular formula is C12H13N3O2S. The van der Waals surface area contributed by atoms with Gasteiger partial charge in [0, 0.05) is 17.5 Å². The molecule has 0 aliphatic rings. The zero-order valence-electron chi connectivity index (χ0n) is 10.1. The Balaban J connectivity index is 2.82. The van der Waals surface area contributed by atoms with Crippen LogP contribution in [0.3, 0.4) is 0 Å². The largest absolute Gasteiger partial charge is 0.394 e. The molecule has 2 rings (SSSR count). The maximum atomic E-state index is 11.9. The number of ketones is 1. The van der Waals surface area contributed by atoms with E-state index in [1.807, 2.05) is 16.8 Å². The van der Waals surface area contributed by atoms with Crippen LogP contribution in [0.25, 0.3) is 11.3 Å². The zero-order valence-corrected chi connectivity index (χ0v) is 11.0. The van der Waals surface area contributed by atoms with Gasteiger partial charge in [0.25, 0.3) is 5.56 Å². The Morgan fingerprint density at radius 3 is 2.78 bits per heavy atom. The van der Waals surface area contributed by atoms with E-state index in [2.05, 4.69) is 5.10 Å². The molecule has 18 heavy (non-hydrogen) atoms. The lowest BCUT2D eigenvalue weighted by Gasteiger charge is -2.10. The molecule has 0 saturated carbocycles. The summed E-state index contributed by atoms with van der Waals surface area (Å²) in [5.74, 6) is -0.249. The highest BCUT2D eigenvalue weighted by Crippen LogP contribution is 2.25. The second-order valence-corrected chi connectivity index (χ2v) is 4.61. The smallest absolute Gasteiger partial charge is 0.290 e. The molecule has 0 spiro atoms. The molecule has 6 heteroatoms. The van der Waals surface area contributed by atoms with E-state index in [0.717, 1.165) is 5.56 Å². The predicted octanol–water partition coefficient (Wildman–Crippen LogP) is 1.78. The summed E-state index contributed by atoms with van der Waals surface area (Å²) < 4.78 is 1.27. The molecule has 2 aromatic heterocycles. The Bertz CT molecular complexity index is 644. The summed E-state index contributed by atoms with van der Waals surface area (Å²) in [6.07, 6.45) is 0.